The van der Waals surface area contributed by atoms with E-state index in [-0.39, 0.29) is 18.3 Å². The van der Waals surface area contributed by atoms with Gasteiger partial charge in [-0.1, -0.05) is 6.92 Å². The highest BCUT2D eigenvalue weighted by Gasteiger charge is 2.27. The number of nitrogens with one attached hydrogen (secondary N) is 2. The Morgan fingerprint density at radius 2 is 1.83 bits per heavy atom. The highest BCUT2D eigenvalue weighted by molar-refractivity contribution is 6.01. The fraction of sp³-hybridized carbons (Fsp3) is 0.500. The predicted molar refractivity (Wildman–Crippen MR) is 110 cm³/mol. The normalized spacial score (nSPS) is 15.7. The van der Waals surface area contributed by atoms with E-state index in [0.29, 0.717) is 35.5 Å². The van der Waals surface area contributed by atoms with E-state index in [1.165, 1.54) is 7.11 Å². The van der Waals surface area contributed by atoms with Gasteiger partial charge in [-0.3, -0.25) is 9.59 Å². The second-order valence-electron chi connectivity index (χ2n) is 8.06. The van der Waals surface area contributed by atoms with Crippen molar-refractivity contribution in [3.63, 3.8) is 0 Å². The summed E-state index contributed by atoms with van der Waals surface area (Å²) in [6.07, 6.45) is 2.96. The summed E-state index contributed by atoms with van der Waals surface area (Å²) < 4.78 is 10.2. The lowest BCUT2D eigenvalue weighted by Gasteiger charge is -2.19. The third kappa shape index (κ3) is 5.16. The van der Waals surface area contributed by atoms with Crippen LogP contribution in [0, 0.1) is 6.92 Å². The lowest BCUT2D eigenvalue weighted by atomic mass is 10.0. The van der Waals surface area contributed by atoms with Gasteiger partial charge in [0.15, 0.2) is 0 Å². The van der Waals surface area contributed by atoms with Crippen LogP contribution in [-0.4, -0.2) is 35.5 Å². The molecule has 0 radical (unpaired) electrons. The molecule has 2 N–H and O–H groups in total. The van der Waals surface area contributed by atoms with Crippen LogP contribution in [0.25, 0.3) is 6.08 Å². The zero-order valence-corrected chi connectivity index (χ0v) is 18.2. The SMILES string of the molecule is CCC1=C(C)/C(=C\c2[nH]c(C(=O)OC(C)(C)C)c(CCC(=O)OC)c2C)NC1=O. The number of H-pyrrole nitrogens is 1. The maximum absolute atomic E-state index is 12.7. The lowest BCUT2D eigenvalue weighted by Crippen LogP contribution is -2.24. The average Bonchev–Trinajstić information content (AvgIpc) is 3.08. The van der Waals surface area contributed by atoms with Crippen LogP contribution in [0.4, 0.5) is 0 Å². The van der Waals surface area contributed by atoms with Gasteiger partial charge in [0, 0.05) is 23.4 Å². The number of hydrogen-bond donors (Lipinski definition) is 2. The molecule has 7 heteroatoms. The summed E-state index contributed by atoms with van der Waals surface area (Å²) in [6, 6.07) is 0. The van der Waals surface area contributed by atoms with E-state index in [4.69, 9.17) is 9.47 Å². The molecule has 7 nitrogen and oxygen atoms in total. The molecule has 1 aliphatic heterocycles. The molecule has 2 rings (SSSR count). The molecule has 1 aromatic heterocycles. The van der Waals surface area contributed by atoms with Gasteiger partial charge in [0.2, 0.25) is 0 Å². The number of carbonyl (C=O) groups excluding carboxylic acids is 3. The van der Waals surface area contributed by atoms with E-state index in [2.05, 4.69) is 10.3 Å². The van der Waals surface area contributed by atoms with Crippen LogP contribution in [0.3, 0.4) is 0 Å². The van der Waals surface area contributed by atoms with Crippen molar-refractivity contribution in [2.75, 3.05) is 7.11 Å². The molecule has 0 bridgehead atoms. The minimum absolute atomic E-state index is 0.0984. The Bertz CT molecular complexity index is 897. The van der Waals surface area contributed by atoms with Gasteiger partial charge < -0.3 is 19.8 Å². The van der Waals surface area contributed by atoms with Crippen LogP contribution in [0.1, 0.15) is 74.8 Å². The lowest BCUT2D eigenvalue weighted by molar-refractivity contribution is -0.140. The molecule has 0 aliphatic carbocycles. The Kier molecular flexibility index (Phi) is 6.72. The Morgan fingerprint density at radius 3 is 2.34 bits per heavy atom. The predicted octanol–water partition coefficient (Wildman–Crippen LogP) is 3.58. The van der Waals surface area contributed by atoms with E-state index < -0.39 is 11.6 Å². The molecule has 2 heterocycles. The van der Waals surface area contributed by atoms with E-state index in [9.17, 15) is 14.4 Å². The molecule has 0 fully saturated rings. The monoisotopic (exact) mass is 402 g/mol. The minimum Gasteiger partial charge on any atom is -0.469 e. The first-order valence-corrected chi connectivity index (χ1v) is 9.73. The molecule has 0 unspecified atom stereocenters. The number of amides is 1. The highest BCUT2D eigenvalue weighted by Crippen LogP contribution is 2.28. The molecule has 1 aromatic rings. The molecule has 0 atom stereocenters. The molecule has 29 heavy (non-hydrogen) atoms. The van der Waals surface area contributed by atoms with E-state index in [1.54, 1.807) is 20.8 Å². The van der Waals surface area contributed by atoms with Crippen LogP contribution in [0.5, 0.6) is 0 Å². The Balaban J connectivity index is 2.48. The van der Waals surface area contributed by atoms with Gasteiger partial charge in [0.1, 0.15) is 11.3 Å². The zero-order chi connectivity index (χ0) is 21.9. The van der Waals surface area contributed by atoms with E-state index in [1.807, 2.05) is 26.8 Å². The van der Waals surface area contributed by atoms with Crippen molar-refractivity contribution in [2.24, 2.45) is 0 Å². The van der Waals surface area contributed by atoms with Crippen molar-refractivity contribution in [3.8, 4) is 0 Å². The Labute approximate surface area is 171 Å². The van der Waals surface area contributed by atoms with Crippen molar-refractivity contribution in [2.45, 2.75) is 66.4 Å². The number of aromatic nitrogens is 1. The quantitative estimate of drug-likeness (QED) is 0.709. The molecule has 158 valence electrons. The first-order valence-electron chi connectivity index (χ1n) is 9.73. The van der Waals surface area contributed by atoms with Crippen LogP contribution < -0.4 is 5.32 Å². The summed E-state index contributed by atoms with van der Waals surface area (Å²) in [4.78, 5) is 39.6. The van der Waals surface area contributed by atoms with Crippen LogP contribution in [-0.2, 0) is 25.5 Å². The standard InChI is InChI=1S/C22H30N2O5/c1-8-14-12(2)17(24-20(14)26)11-16-13(3)15(9-10-18(25)28-7)19(23-16)21(27)29-22(4,5)6/h11,23H,8-10H2,1-7H3,(H,24,26)/b17-11+. The second-order valence-corrected chi connectivity index (χ2v) is 8.06. The minimum atomic E-state index is -0.650. The zero-order valence-electron chi connectivity index (χ0n) is 18.2. The van der Waals surface area contributed by atoms with E-state index >= 15 is 0 Å². The summed E-state index contributed by atoms with van der Waals surface area (Å²) in [5.41, 5.74) is 4.23. The number of aromatic amines is 1. The summed E-state index contributed by atoms with van der Waals surface area (Å²) in [6.45, 7) is 11.1. The van der Waals surface area contributed by atoms with Crippen LogP contribution in [0.2, 0.25) is 0 Å². The van der Waals surface area contributed by atoms with Gasteiger partial charge in [0.05, 0.1) is 7.11 Å². The topological polar surface area (TPSA) is 97.5 Å². The fourth-order valence-electron chi connectivity index (χ4n) is 3.28. The van der Waals surface area contributed by atoms with Gasteiger partial charge in [-0.25, -0.2) is 4.79 Å². The highest BCUT2D eigenvalue weighted by atomic mass is 16.6. The maximum Gasteiger partial charge on any atom is 0.355 e. The second kappa shape index (κ2) is 8.68. The molecular weight excluding hydrogens is 372 g/mol. The van der Waals surface area contributed by atoms with Gasteiger partial charge >= 0.3 is 11.9 Å². The van der Waals surface area contributed by atoms with Crippen LogP contribution >= 0.6 is 0 Å². The van der Waals surface area contributed by atoms with E-state index in [0.717, 1.165) is 16.7 Å². The fourth-order valence-corrected chi connectivity index (χ4v) is 3.28. The Hall–Kier alpha value is -2.83. The number of ether oxygens (including phenoxy) is 2. The molecular formula is C22H30N2O5. The first-order chi connectivity index (χ1) is 13.5. The summed E-state index contributed by atoms with van der Waals surface area (Å²) >= 11 is 0. The van der Waals surface area contributed by atoms with Crippen LogP contribution in [0.15, 0.2) is 16.8 Å². The number of hydrogen-bond acceptors (Lipinski definition) is 5. The molecule has 1 amide bonds. The molecule has 1 aliphatic rings. The van der Waals surface area contributed by atoms with Crippen molar-refractivity contribution < 1.29 is 23.9 Å². The summed E-state index contributed by atoms with van der Waals surface area (Å²) in [7, 11) is 1.33. The smallest absolute Gasteiger partial charge is 0.355 e. The maximum atomic E-state index is 12.7. The van der Waals surface area contributed by atoms with Gasteiger partial charge in [-0.05, 0) is 70.2 Å². The first kappa shape index (κ1) is 22.5. The van der Waals surface area contributed by atoms with Gasteiger partial charge in [-0.15, -0.1) is 0 Å². The average molecular weight is 402 g/mol. The third-order valence-corrected chi connectivity index (χ3v) is 4.85. The number of methoxy groups -OCH3 is 1. The summed E-state index contributed by atoms with van der Waals surface area (Å²) in [5, 5.41) is 2.87. The number of allylic oxidation sites excluding steroid dienone is 1. The van der Waals surface area contributed by atoms with Gasteiger partial charge in [0.25, 0.3) is 5.91 Å². The van der Waals surface area contributed by atoms with Gasteiger partial charge in [-0.2, -0.15) is 0 Å². The number of rotatable bonds is 6. The van der Waals surface area contributed by atoms with Crippen molar-refractivity contribution in [3.05, 3.63) is 39.4 Å². The molecule has 0 aromatic carbocycles. The molecule has 0 saturated carbocycles. The third-order valence-electron chi connectivity index (χ3n) is 4.85. The number of carbonyl (C=O) groups is 3. The number of esters is 2. The largest absolute Gasteiger partial charge is 0.469 e. The molecule has 0 spiro atoms. The van der Waals surface area contributed by atoms with Crippen molar-refractivity contribution >= 4 is 23.9 Å². The van der Waals surface area contributed by atoms with Crippen molar-refractivity contribution in [1.29, 1.82) is 0 Å². The van der Waals surface area contributed by atoms with Crippen molar-refractivity contribution in [1.82, 2.24) is 10.3 Å². The molecule has 0 saturated heterocycles. The summed E-state index contributed by atoms with van der Waals surface area (Å²) in [5.74, 6) is -0.934. The Morgan fingerprint density at radius 1 is 1.17 bits per heavy atom.